The smallest absolute Gasteiger partial charge is 0.191 e. The number of aliphatic imine (C=N–C) groups is 1. The largest absolute Gasteiger partial charge is 0.487 e. The predicted molar refractivity (Wildman–Crippen MR) is 114 cm³/mol. The highest BCUT2D eigenvalue weighted by Crippen LogP contribution is 2.13. The molecule has 0 aliphatic carbocycles. The van der Waals surface area contributed by atoms with E-state index in [0.29, 0.717) is 13.2 Å². The van der Waals surface area contributed by atoms with Crippen molar-refractivity contribution in [3.63, 3.8) is 0 Å². The monoisotopic (exact) mass is 384 g/mol. The summed E-state index contributed by atoms with van der Waals surface area (Å²) in [6.45, 7) is 5.81. The maximum Gasteiger partial charge on any atom is 0.191 e. The van der Waals surface area contributed by atoms with Crippen molar-refractivity contribution >= 4 is 5.96 Å². The second-order valence-corrected chi connectivity index (χ2v) is 6.43. The number of hydrogen-bond acceptors (Lipinski definition) is 4. The lowest BCUT2D eigenvalue weighted by Crippen LogP contribution is -2.37. The van der Waals surface area contributed by atoms with Crippen LogP contribution in [0.25, 0.3) is 0 Å². The Bertz CT molecular complexity index is 675. The van der Waals surface area contributed by atoms with Crippen LogP contribution in [-0.2, 0) is 17.9 Å². The molecule has 0 aliphatic heterocycles. The molecule has 0 bridgehead atoms. The Morgan fingerprint density at radius 2 is 1.86 bits per heavy atom. The second kappa shape index (κ2) is 13.6. The average molecular weight is 385 g/mol. The molecule has 6 nitrogen and oxygen atoms in total. The van der Waals surface area contributed by atoms with Crippen molar-refractivity contribution < 1.29 is 9.47 Å². The first kappa shape index (κ1) is 21.7. The zero-order valence-corrected chi connectivity index (χ0v) is 17.0. The maximum atomic E-state index is 5.76. The van der Waals surface area contributed by atoms with E-state index < -0.39 is 0 Å². The summed E-state index contributed by atoms with van der Waals surface area (Å²) in [5.74, 6) is 1.63. The number of benzene rings is 1. The minimum absolute atomic E-state index is 0.469. The fourth-order valence-electron chi connectivity index (χ4n) is 2.48. The number of guanidine groups is 1. The Morgan fingerprint density at radius 3 is 2.57 bits per heavy atom. The molecule has 0 atom stereocenters. The summed E-state index contributed by atoms with van der Waals surface area (Å²) in [5, 5.41) is 6.63. The third-order valence-electron chi connectivity index (χ3n) is 4.12. The van der Waals surface area contributed by atoms with Crippen LogP contribution in [0.15, 0.2) is 53.7 Å². The molecule has 0 fully saturated rings. The maximum absolute atomic E-state index is 5.76. The van der Waals surface area contributed by atoms with Crippen LogP contribution in [0.2, 0.25) is 0 Å². The summed E-state index contributed by atoms with van der Waals surface area (Å²) in [7, 11) is 1.78. The molecule has 0 amide bonds. The standard InChI is InChI=1S/C22H32N4O2/c1-3-4-15-27-16-7-14-25-22(23-2)26-17-19-9-11-21(12-10-19)28-18-20-8-5-6-13-24-20/h5-6,8-13H,3-4,7,14-18H2,1-2H3,(H2,23,25,26). The van der Waals surface area contributed by atoms with Crippen LogP contribution in [-0.4, -0.2) is 37.7 Å². The molecule has 2 aromatic rings. The van der Waals surface area contributed by atoms with Crippen molar-refractivity contribution in [2.45, 2.75) is 39.3 Å². The van der Waals surface area contributed by atoms with E-state index in [1.807, 2.05) is 30.3 Å². The second-order valence-electron chi connectivity index (χ2n) is 6.43. The minimum atomic E-state index is 0.469. The van der Waals surface area contributed by atoms with Crippen molar-refractivity contribution in [1.82, 2.24) is 15.6 Å². The van der Waals surface area contributed by atoms with Crippen LogP contribution in [0.5, 0.6) is 5.75 Å². The van der Waals surface area contributed by atoms with E-state index in [1.54, 1.807) is 13.2 Å². The molecule has 0 spiro atoms. The zero-order valence-electron chi connectivity index (χ0n) is 17.0. The van der Waals surface area contributed by atoms with Crippen LogP contribution in [0.4, 0.5) is 0 Å². The first-order valence-electron chi connectivity index (χ1n) is 9.95. The highest BCUT2D eigenvalue weighted by atomic mass is 16.5. The number of nitrogens with zero attached hydrogens (tertiary/aromatic N) is 2. The normalized spacial score (nSPS) is 11.3. The molecule has 1 heterocycles. The van der Waals surface area contributed by atoms with E-state index >= 15 is 0 Å². The van der Waals surface area contributed by atoms with E-state index in [1.165, 1.54) is 6.42 Å². The topological polar surface area (TPSA) is 67.8 Å². The van der Waals surface area contributed by atoms with Crippen LogP contribution in [0.1, 0.15) is 37.4 Å². The SMILES string of the molecule is CCCCOCCCNC(=NC)NCc1ccc(OCc2ccccn2)cc1. The molecule has 28 heavy (non-hydrogen) atoms. The molecule has 0 radical (unpaired) electrons. The Hall–Kier alpha value is -2.60. The van der Waals surface area contributed by atoms with Crippen molar-refractivity contribution in [3.05, 3.63) is 59.9 Å². The van der Waals surface area contributed by atoms with E-state index in [9.17, 15) is 0 Å². The van der Waals surface area contributed by atoms with Gasteiger partial charge in [-0.15, -0.1) is 0 Å². The summed E-state index contributed by atoms with van der Waals surface area (Å²) in [6, 6.07) is 13.9. The van der Waals surface area contributed by atoms with Gasteiger partial charge in [-0.3, -0.25) is 9.98 Å². The molecular weight excluding hydrogens is 352 g/mol. The summed E-state index contributed by atoms with van der Waals surface area (Å²) in [4.78, 5) is 8.51. The highest BCUT2D eigenvalue weighted by molar-refractivity contribution is 5.79. The summed E-state index contributed by atoms with van der Waals surface area (Å²) in [5.41, 5.74) is 2.08. The van der Waals surface area contributed by atoms with Gasteiger partial charge in [-0.2, -0.15) is 0 Å². The zero-order chi connectivity index (χ0) is 19.9. The first-order valence-corrected chi connectivity index (χ1v) is 9.95. The third kappa shape index (κ3) is 8.86. The van der Waals surface area contributed by atoms with Crippen LogP contribution >= 0.6 is 0 Å². The Morgan fingerprint density at radius 1 is 1.04 bits per heavy atom. The van der Waals surface area contributed by atoms with Gasteiger partial charge in [0.05, 0.1) is 5.69 Å². The molecule has 6 heteroatoms. The molecule has 152 valence electrons. The summed E-state index contributed by atoms with van der Waals surface area (Å²) < 4.78 is 11.3. The number of hydrogen-bond donors (Lipinski definition) is 2. The minimum Gasteiger partial charge on any atom is -0.487 e. The number of ether oxygens (including phenoxy) is 2. The average Bonchev–Trinajstić information content (AvgIpc) is 2.75. The number of pyridine rings is 1. The number of rotatable bonds is 12. The molecule has 1 aromatic heterocycles. The van der Waals surface area contributed by atoms with E-state index in [2.05, 4.69) is 39.7 Å². The lowest BCUT2D eigenvalue weighted by atomic mass is 10.2. The molecule has 0 saturated heterocycles. The van der Waals surface area contributed by atoms with Crippen molar-refractivity contribution in [3.8, 4) is 5.75 Å². The summed E-state index contributed by atoms with van der Waals surface area (Å²) >= 11 is 0. The van der Waals surface area contributed by atoms with Gasteiger partial charge in [-0.25, -0.2) is 0 Å². The quantitative estimate of drug-likeness (QED) is 0.333. The van der Waals surface area contributed by atoms with E-state index in [4.69, 9.17) is 9.47 Å². The lowest BCUT2D eigenvalue weighted by molar-refractivity contribution is 0.129. The van der Waals surface area contributed by atoms with Gasteiger partial charge in [-0.05, 0) is 42.7 Å². The molecule has 0 unspecified atom stereocenters. The number of unbranched alkanes of at least 4 members (excludes halogenated alkanes) is 1. The molecule has 0 aliphatic rings. The predicted octanol–water partition coefficient (Wildman–Crippen LogP) is 3.53. The third-order valence-corrected chi connectivity index (χ3v) is 4.12. The fraction of sp³-hybridized carbons (Fsp3) is 0.455. The molecule has 1 aromatic carbocycles. The molecule has 2 N–H and O–H groups in total. The van der Waals surface area contributed by atoms with Gasteiger partial charge in [-0.1, -0.05) is 31.5 Å². The Balaban J connectivity index is 1.64. The Labute approximate surface area is 168 Å². The van der Waals surface area contributed by atoms with Gasteiger partial charge < -0.3 is 20.1 Å². The molecule has 0 saturated carbocycles. The van der Waals surface area contributed by atoms with Crippen LogP contribution in [0.3, 0.4) is 0 Å². The van der Waals surface area contributed by atoms with Gasteiger partial charge in [0.1, 0.15) is 12.4 Å². The molecule has 2 rings (SSSR count). The highest BCUT2D eigenvalue weighted by Gasteiger charge is 2.00. The van der Waals surface area contributed by atoms with Crippen molar-refractivity contribution in [1.29, 1.82) is 0 Å². The number of aromatic nitrogens is 1. The lowest BCUT2D eigenvalue weighted by Gasteiger charge is -2.12. The van der Waals surface area contributed by atoms with Gasteiger partial charge in [0.15, 0.2) is 5.96 Å². The van der Waals surface area contributed by atoms with Crippen molar-refractivity contribution in [2.75, 3.05) is 26.8 Å². The van der Waals surface area contributed by atoms with Gasteiger partial charge >= 0.3 is 0 Å². The Kier molecular flexibility index (Phi) is 10.5. The van der Waals surface area contributed by atoms with Crippen LogP contribution < -0.4 is 15.4 Å². The summed E-state index contributed by atoms with van der Waals surface area (Å²) in [6.07, 6.45) is 5.04. The molecular formula is C22H32N4O2. The van der Waals surface area contributed by atoms with E-state index in [0.717, 1.165) is 55.6 Å². The first-order chi connectivity index (χ1) is 13.8. The van der Waals surface area contributed by atoms with Gasteiger partial charge in [0.2, 0.25) is 0 Å². The van der Waals surface area contributed by atoms with Gasteiger partial charge in [0.25, 0.3) is 0 Å². The number of nitrogens with one attached hydrogen (secondary N) is 2. The fourth-order valence-corrected chi connectivity index (χ4v) is 2.48. The van der Waals surface area contributed by atoms with Crippen LogP contribution in [0, 0.1) is 0 Å². The van der Waals surface area contributed by atoms with E-state index in [-0.39, 0.29) is 0 Å². The van der Waals surface area contributed by atoms with Crippen molar-refractivity contribution in [2.24, 2.45) is 4.99 Å². The van der Waals surface area contributed by atoms with Gasteiger partial charge in [0, 0.05) is 39.5 Å².